The summed E-state index contributed by atoms with van der Waals surface area (Å²) in [6.45, 7) is 4.14. The Morgan fingerprint density at radius 1 is 0.977 bits per heavy atom. The first-order chi connectivity index (χ1) is 21.0. The standard InChI is InChI=1S/C32H38N8O3/c1-2-3-12-27-26(21-22-14-16-23(17-15-22)24-10-5-6-11-25(24)29-34-36-37-35-29)31(42)40-28(13-9-20-39(27)40)30(41)33-32(43)38-18-7-4-8-19-38/h5-6,10-11,14-17,28H,2-4,7-9,12-13,18-21H2,1H3,(H,33,41,43)(H,34,35,36,37). The highest BCUT2D eigenvalue weighted by Crippen LogP contribution is 2.31. The van der Waals surface area contributed by atoms with Crippen LogP contribution in [0.5, 0.6) is 0 Å². The third-order valence-electron chi connectivity index (χ3n) is 8.63. The summed E-state index contributed by atoms with van der Waals surface area (Å²) in [6, 6.07) is 15.1. The number of aromatic nitrogens is 6. The highest BCUT2D eigenvalue weighted by atomic mass is 16.2. The van der Waals surface area contributed by atoms with E-state index in [1.54, 1.807) is 9.58 Å². The summed E-state index contributed by atoms with van der Waals surface area (Å²) in [5, 5.41) is 17.1. The van der Waals surface area contributed by atoms with Crippen LogP contribution in [0.4, 0.5) is 4.79 Å². The summed E-state index contributed by atoms with van der Waals surface area (Å²) < 4.78 is 3.64. The Bertz CT molecular complexity index is 1630. The summed E-state index contributed by atoms with van der Waals surface area (Å²) >= 11 is 0. The van der Waals surface area contributed by atoms with Gasteiger partial charge in [0, 0.05) is 42.9 Å². The Kier molecular flexibility index (Phi) is 8.48. The number of carbonyl (C=O) groups is 2. The number of tetrazole rings is 1. The molecule has 4 aromatic rings. The number of H-pyrrole nitrogens is 1. The highest BCUT2D eigenvalue weighted by molar-refractivity contribution is 5.96. The number of rotatable bonds is 8. The van der Waals surface area contributed by atoms with Gasteiger partial charge in [0.15, 0.2) is 0 Å². The number of aromatic amines is 1. The van der Waals surface area contributed by atoms with Gasteiger partial charge in [-0.3, -0.25) is 19.6 Å². The van der Waals surface area contributed by atoms with Crippen LogP contribution in [0.3, 0.4) is 0 Å². The van der Waals surface area contributed by atoms with Crippen LogP contribution in [-0.2, 0) is 24.2 Å². The number of fused-ring (bicyclic) bond motifs is 1. The first-order valence-corrected chi connectivity index (χ1v) is 15.4. The minimum Gasteiger partial charge on any atom is -0.324 e. The molecule has 43 heavy (non-hydrogen) atoms. The number of hydrogen-bond acceptors (Lipinski definition) is 6. The Balaban J connectivity index is 1.27. The number of piperidine rings is 1. The van der Waals surface area contributed by atoms with Gasteiger partial charge in [-0.2, -0.15) is 5.21 Å². The van der Waals surface area contributed by atoms with E-state index in [0.29, 0.717) is 38.3 Å². The Labute approximate surface area is 250 Å². The van der Waals surface area contributed by atoms with Gasteiger partial charge >= 0.3 is 6.03 Å². The number of amides is 3. The number of imide groups is 1. The van der Waals surface area contributed by atoms with Crippen molar-refractivity contribution in [3.63, 3.8) is 0 Å². The van der Waals surface area contributed by atoms with E-state index in [2.05, 4.69) is 45.0 Å². The smallest absolute Gasteiger partial charge is 0.324 e. The van der Waals surface area contributed by atoms with E-state index in [4.69, 9.17) is 0 Å². The zero-order chi connectivity index (χ0) is 29.8. The number of urea groups is 1. The van der Waals surface area contributed by atoms with Crippen molar-refractivity contribution < 1.29 is 9.59 Å². The predicted molar refractivity (Wildman–Crippen MR) is 162 cm³/mol. The number of nitrogens with one attached hydrogen (secondary N) is 2. The van der Waals surface area contributed by atoms with Crippen LogP contribution >= 0.6 is 0 Å². The van der Waals surface area contributed by atoms with E-state index in [1.807, 2.05) is 41.1 Å². The molecular formula is C32H38N8O3. The minimum absolute atomic E-state index is 0.136. The maximum absolute atomic E-state index is 14.0. The third-order valence-corrected chi connectivity index (χ3v) is 8.63. The van der Waals surface area contributed by atoms with Crippen LogP contribution in [0.2, 0.25) is 0 Å². The van der Waals surface area contributed by atoms with Crippen molar-refractivity contribution in [3.05, 3.63) is 75.7 Å². The van der Waals surface area contributed by atoms with Gasteiger partial charge in [0.25, 0.3) is 11.5 Å². The summed E-state index contributed by atoms with van der Waals surface area (Å²) in [5.74, 6) is 0.137. The fourth-order valence-electron chi connectivity index (χ4n) is 6.39. The van der Waals surface area contributed by atoms with Crippen molar-refractivity contribution >= 4 is 11.9 Å². The molecule has 0 spiro atoms. The van der Waals surface area contributed by atoms with Gasteiger partial charge in [0.05, 0.1) is 0 Å². The number of nitrogens with zero attached hydrogens (tertiary/aromatic N) is 6. The van der Waals surface area contributed by atoms with Gasteiger partial charge in [-0.1, -0.05) is 61.9 Å². The van der Waals surface area contributed by atoms with E-state index in [9.17, 15) is 14.4 Å². The molecule has 0 bridgehead atoms. The molecule has 1 unspecified atom stereocenters. The van der Waals surface area contributed by atoms with Crippen molar-refractivity contribution in [3.8, 4) is 22.5 Å². The van der Waals surface area contributed by atoms with E-state index in [0.717, 1.165) is 78.5 Å². The average Bonchev–Trinajstić information content (AvgIpc) is 3.68. The predicted octanol–water partition coefficient (Wildman–Crippen LogP) is 4.49. The molecule has 3 amide bonds. The Morgan fingerprint density at radius 2 is 1.74 bits per heavy atom. The number of benzene rings is 2. The van der Waals surface area contributed by atoms with Crippen LogP contribution in [0, 0.1) is 0 Å². The molecule has 0 saturated carbocycles. The molecule has 224 valence electrons. The molecule has 4 heterocycles. The molecule has 1 saturated heterocycles. The van der Waals surface area contributed by atoms with E-state index in [-0.39, 0.29) is 11.6 Å². The quantitative estimate of drug-likeness (QED) is 0.315. The number of unbranched alkanes of at least 4 members (excludes halogenated alkanes) is 1. The second-order valence-electron chi connectivity index (χ2n) is 11.5. The van der Waals surface area contributed by atoms with Crippen LogP contribution < -0.4 is 10.9 Å². The first kappa shape index (κ1) is 28.6. The van der Waals surface area contributed by atoms with Gasteiger partial charge < -0.3 is 4.90 Å². The highest BCUT2D eigenvalue weighted by Gasteiger charge is 2.33. The summed E-state index contributed by atoms with van der Waals surface area (Å²) in [5.41, 5.74) is 5.49. The maximum atomic E-state index is 14.0. The molecule has 2 aromatic carbocycles. The number of likely N-dealkylation sites (tertiary alicyclic amines) is 1. The Hall–Kier alpha value is -4.54. The molecule has 0 aliphatic carbocycles. The average molecular weight is 583 g/mol. The Morgan fingerprint density at radius 3 is 2.47 bits per heavy atom. The lowest BCUT2D eigenvalue weighted by molar-refractivity contribution is -0.124. The first-order valence-electron chi connectivity index (χ1n) is 15.4. The zero-order valence-electron chi connectivity index (χ0n) is 24.6. The molecular weight excluding hydrogens is 544 g/mol. The van der Waals surface area contributed by atoms with Crippen LogP contribution in [0.25, 0.3) is 22.5 Å². The molecule has 2 aliphatic rings. The molecule has 0 radical (unpaired) electrons. The van der Waals surface area contributed by atoms with Gasteiger partial charge in [0.1, 0.15) is 6.04 Å². The van der Waals surface area contributed by atoms with Gasteiger partial charge in [-0.15, -0.1) is 10.2 Å². The third kappa shape index (κ3) is 5.89. The summed E-state index contributed by atoms with van der Waals surface area (Å²) in [6.07, 6.45) is 7.50. The molecule has 11 heteroatoms. The number of carbonyl (C=O) groups excluding carboxylic acids is 2. The topological polar surface area (TPSA) is 131 Å². The fraction of sp³-hybridized carbons (Fsp3) is 0.438. The van der Waals surface area contributed by atoms with Gasteiger partial charge in [-0.25, -0.2) is 9.48 Å². The molecule has 11 nitrogen and oxygen atoms in total. The van der Waals surface area contributed by atoms with E-state index >= 15 is 0 Å². The molecule has 6 rings (SSSR count). The lowest BCUT2D eigenvalue weighted by Crippen LogP contribution is -2.49. The van der Waals surface area contributed by atoms with E-state index < -0.39 is 11.9 Å². The van der Waals surface area contributed by atoms with Gasteiger partial charge in [0.2, 0.25) is 5.82 Å². The van der Waals surface area contributed by atoms with Crippen LogP contribution in [0.15, 0.2) is 53.3 Å². The normalized spacial score (nSPS) is 16.6. The second-order valence-corrected chi connectivity index (χ2v) is 11.5. The molecule has 2 N–H and O–H groups in total. The lowest BCUT2D eigenvalue weighted by atomic mass is 9.96. The summed E-state index contributed by atoms with van der Waals surface area (Å²) in [7, 11) is 0. The fourth-order valence-corrected chi connectivity index (χ4v) is 6.39. The van der Waals surface area contributed by atoms with Crippen molar-refractivity contribution in [2.45, 2.75) is 77.3 Å². The number of hydrogen-bond donors (Lipinski definition) is 2. The van der Waals surface area contributed by atoms with Crippen LogP contribution in [0.1, 0.15) is 74.7 Å². The lowest BCUT2D eigenvalue weighted by Gasteiger charge is -2.29. The zero-order valence-corrected chi connectivity index (χ0v) is 24.6. The van der Waals surface area contributed by atoms with Crippen molar-refractivity contribution in [2.75, 3.05) is 13.1 Å². The van der Waals surface area contributed by atoms with Crippen LogP contribution in [-0.4, -0.2) is 59.9 Å². The molecule has 1 fully saturated rings. The molecule has 1 atom stereocenters. The SMILES string of the molecule is CCCCc1c(Cc2ccc(-c3ccccc3-c3nn[nH]n3)cc2)c(=O)n2n1CCCC2C(=O)NC(=O)N1CCCCC1. The largest absolute Gasteiger partial charge is 0.324 e. The monoisotopic (exact) mass is 582 g/mol. The minimum atomic E-state index is -0.701. The van der Waals surface area contributed by atoms with E-state index in [1.165, 1.54) is 0 Å². The maximum Gasteiger partial charge on any atom is 0.324 e. The van der Waals surface area contributed by atoms with Crippen molar-refractivity contribution in [1.82, 2.24) is 40.2 Å². The van der Waals surface area contributed by atoms with Crippen molar-refractivity contribution in [1.29, 1.82) is 0 Å². The summed E-state index contributed by atoms with van der Waals surface area (Å²) in [4.78, 5) is 41.9. The molecule has 2 aromatic heterocycles. The van der Waals surface area contributed by atoms with Crippen molar-refractivity contribution in [2.24, 2.45) is 0 Å². The second kappa shape index (κ2) is 12.8. The molecule has 2 aliphatic heterocycles. The van der Waals surface area contributed by atoms with Gasteiger partial charge in [-0.05, 0) is 66.8 Å².